The summed E-state index contributed by atoms with van der Waals surface area (Å²) in [5, 5.41) is 9.05. The van der Waals surface area contributed by atoms with Gasteiger partial charge in [-0.15, -0.1) is 0 Å². The second-order valence-corrected chi connectivity index (χ2v) is 13.2. The fourth-order valence-electron chi connectivity index (χ4n) is 6.03. The first-order chi connectivity index (χ1) is 19.5. The van der Waals surface area contributed by atoms with Crippen LogP contribution in [0.25, 0.3) is 0 Å². The Morgan fingerprint density at radius 3 is 2.10 bits per heavy atom. The van der Waals surface area contributed by atoms with Crippen molar-refractivity contribution in [3.8, 4) is 6.07 Å². The second kappa shape index (κ2) is 12.6. The van der Waals surface area contributed by atoms with Crippen LogP contribution in [0.4, 0.5) is 0 Å². The van der Waals surface area contributed by atoms with E-state index in [4.69, 9.17) is 5.26 Å². The van der Waals surface area contributed by atoms with E-state index in [9.17, 15) is 8.42 Å². The van der Waals surface area contributed by atoms with Crippen LogP contribution in [0.2, 0.25) is 0 Å². The van der Waals surface area contributed by atoms with Gasteiger partial charge in [0.25, 0.3) is 0 Å². The molecule has 3 aromatic carbocycles. The highest BCUT2D eigenvalue weighted by Crippen LogP contribution is 2.31. The molecule has 1 saturated heterocycles. The number of sulfone groups is 1. The van der Waals surface area contributed by atoms with Crippen molar-refractivity contribution >= 4 is 9.84 Å². The molecule has 0 aliphatic carbocycles. The molecule has 0 unspecified atom stereocenters. The molecule has 1 aromatic heterocycles. The van der Waals surface area contributed by atoms with E-state index in [1.54, 1.807) is 18.3 Å². The predicted octanol–water partition coefficient (Wildman–Crippen LogP) is 5.55. The van der Waals surface area contributed by atoms with Gasteiger partial charge in [-0.05, 0) is 48.1 Å². The van der Waals surface area contributed by atoms with Gasteiger partial charge < -0.3 is 9.05 Å². The van der Waals surface area contributed by atoms with Crippen molar-refractivity contribution < 1.29 is 12.9 Å². The molecular weight excluding hydrogens is 516 g/mol. The molecule has 0 N–H and O–H groups in total. The summed E-state index contributed by atoms with van der Waals surface area (Å²) in [6.45, 7) is 3.16. The number of imidazole rings is 1. The molecule has 0 bridgehead atoms. The predicted molar refractivity (Wildman–Crippen MR) is 158 cm³/mol. The highest BCUT2D eigenvalue weighted by atomic mass is 32.2. The smallest absolute Gasteiger partial charge is 0.201 e. The van der Waals surface area contributed by atoms with Gasteiger partial charge in [0.05, 0.1) is 42.9 Å². The largest absolute Gasteiger partial charge is 0.330 e. The maximum atomic E-state index is 13.7. The van der Waals surface area contributed by atoms with Crippen LogP contribution in [-0.2, 0) is 22.8 Å². The molecule has 1 aliphatic heterocycles. The Kier molecular flexibility index (Phi) is 8.78. The third-order valence-electron chi connectivity index (χ3n) is 8.08. The van der Waals surface area contributed by atoms with Crippen molar-refractivity contribution in [1.82, 2.24) is 9.55 Å². The third kappa shape index (κ3) is 7.07. The van der Waals surface area contributed by atoms with E-state index in [1.165, 1.54) is 11.1 Å². The molecule has 2 heterocycles. The highest BCUT2D eigenvalue weighted by Gasteiger charge is 2.38. The molecule has 5 rings (SSSR count). The molecule has 6 nitrogen and oxygen atoms in total. The molecule has 1 aliphatic rings. The van der Waals surface area contributed by atoms with Crippen LogP contribution in [0, 0.1) is 11.3 Å². The van der Waals surface area contributed by atoms with Gasteiger partial charge in [-0.2, -0.15) is 5.26 Å². The van der Waals surface area contributed by atoms with Gasteiger partial charge >= 0.3 is 0 Å². The summed E-state index contributed by atoms with van der Waals surface area (Å²) in [6, 6.07) is 30.6. The number of hydrogen-bond acceptors (Lipinski definition) is 4. The quantitative estimate of drug-likeness (QED) is 0.228. The van der Waals surface area contributed by atoms with Crippen LogP contribution in [0.1, 0.15) is 53.3 Å². The van der Waals surface area contributed by atoms with E-state index in [-0.39, 0.29) is 17.5 Å². The Hall–Kier alpha value is -3.73. The van der Waals surface area contributed by atoms with Crippen LogP contribution < -0.4 is 0 Å². The summed E-state index contributed by atoms with van der Waals surface area (Å²) in [6.07, 6.45) is 7.28. The normalized spacial score (nSPS) is 15.1. The van der Waals surface area contributed by atoms with Crippen molar-refractivity contribution in [3.63, 3.8) is 0 Å². The van der Waals surface area contributed by atoms with E-state index in [1.807, 2.05) is 35.0 Å². The lowest BCUT2D eigenvalue weighted by atomic mass is 9.89. The maximum Gasteiger partial charge on any atom is 0.201 e. The number of benzene rings is 3. The van der Waals surface area contributed by atoms with Crippen molar-refractivity contribution in [2.45, 2.75) is 38.1 Å². The minimum absolute atomic E-state index is 0.0821. The van der Waals surface area contributed by atoms with Gasteiger partial charge in [0, 0.05) is 25.4 Å². The number of quaternary nitrogens is 1. The number of hydrogen-bond donors (Lipinski definition) is 0. The Bertz CT molecular complexity index is 1480. The van der Waals surface area contributed by atoms with Crippen LogP contribution in [0.3, 0.4) is 0 Å². The fourth-order valence-corrected chi connectivity index (χ4v) is 7.85. The van der Waals surface area contributed by atoms with Crippen LogP contribution in [0.15, 0.2) is 97.3 Å². The lowest BCUT2D eigenvalue weighted by Gasteiger charge is -2.43. The third-order valence-corrected chi connectivity index (χ3v) is 9.85. The van der Waals surface area contributed by atoms with Gasteiger partial charge in [-0.3, -0.25) is 0 Å². The van der Waals surface area contributed by atoms with E-state index < -0.39 is 9.84 Å². The standard InChI is InChI=1S/C33H37N4O2S/c34-24-28-14-16-29(17-15-28)25-36-20-19-35-33(36)18-23-40(38,39)27-37(21-8-3-9-22-37)26-32(30-10-4-1-5-11-30)31-12-6-2-7-13-31/h1-2,4-7,10-17,19-20,32H,3,8-9,18,21-23,25-27H2/q+1. The zero-order chi connectivity index (χ0) is 27.8. The molecule has 40 heavy (non-hydrogen) atoms. The fraction of sp³-hybridized carbons (Fsp3) is 0.333. The lowest BCUT2D eigenvalue weighted by molar-refractivity contribution is -0.922. The van der Waals surface area contributed by atoms with Gasteiger partial charge in [-0.1, -0.05) is 72.8 Å². The topological polar surface area (TPSA) is 75.8 Å². The number of piperidine rings is 1. The van der Waals surface area contributed by atoms with Gasteiger partial charge in [0.2, 0.25) is 9.84 Å². The summed E-state index contributed by atoms with van der Waals surface area (Å²) < 4.78 is 30.0. The van der Waals surface area contributed by atoms with Crippen molar-refractivity contribution in [3.05, 3.63) is 125 Å². The zero-order valence-corrected chi connectivity index (χ0v) is 23.7. The molecule has 7 heteroatoms. The van der Waals surface area contributed by atoms with Crippen molar-refractivity contribution in [2.75, 3.05) is 31.3 Å². The first kappa shape index (κ1) is 27.8. The summed E-state index contributed by atoms with van der Waals surface area (Å²) >= 11 is 0. The SMILES string of the molecule is N#Cc1ccc(Cn2ccnc2CCS(=O)(=O)C[N+]2(CC(c3ccccc3)c3ccccc3)CCCCC2)cc1. The average Bonchev–Trinajstić information content (AvgIpc) is 3.43. The van der Waals surface area contributed by atoms with E-state index >= 15 is 0 Å². The number of aromatic nitrogens is 2. The molecule has 0 radical (unpaired) electrons. The Morgan fingerprint density at radius 2 is 1.50 bits per heavy atom. The van der Waals surface area contributed by atoms with E-state index in [0.29, 0.717) is 23.0 Å². The van der Waals surface area contributed by atoms with Gasteiger partial charge in [0.15, 0.2) is 5.88 Å². The lowest BCUT2D eigenvalue weighted by Crippen LogP contribution is -2.56. The Labute approximate surface area is 238 Å². The monoisotopic (exact) mass is 553 g/mol. The molecule has 0 atom stereocenters. The van der Waals surface area contributed by atoms with Gasteiger partial charge in [0.1, 0.15) is 5.82 Å². The van der Waals surface area contributed by atoms with Crippen LogP contribution >= 0.6 is 0 Å². The first-order valence-electron chi connectivity index (χ1n) is 14.1. The molecule has 1 fully saturated rings. The van der Waals surface area contributed by atoms with Gasteiger partial charge in [-0.25, -0.2) is 13.4 Å². The molecule has 0 amide bonds. The molecule has 0 saturated carbocycles. The molecule has 4 aromatic rings. The summed E-state index contributed by atoms with van der Waals surface area (Å²) in [5.41, 5.74) is 4.14. The Morgan fingerprint density at radius 1 is 0.875 bits per heavy atom. The molecular formula is C33H37N4O2S+. The number of aryl methyl sites for hydroxylation is 1. The number of likely N-dealkylation sites (tertiary alicyclic amines) is 1. The Balaban J connectivity index is 1.32. The van der Waals surface area contributed by atoms with Crippen molar-refractivity contribution in [1.29, 1.82) is 5.26 Å². The minimum atomic E-state index is -3.34. The number of nitriles is 1. The second-order valence-electron chi connectivity index (χ2n) is 11.0. The van der Waals surface area contributed by atoms with E-state index in [2.05, 4.69) is 59.6 Å². The van der Waals surface area contributed by atoms with Crippen LogP contribution in [0.5, 0.6) is 0 Å². The summed E-state index contributed by atoms with van der Waals surface area (Å²) in [5.74, 6) is 1.16. The first-order valence-corrected chi connectivity index (χ1v) is 15.9. The summed E-state index contributed by atoms with van der Waals surface area (Å²) in [4.78, 5) is 4.48. The molecule has 206 valence electrons. The average molecular weight is 554 g/mol. The van der Waals surface area contributed by atoms with Crippen molar-refractivity contribution in [2.24, 2.45) is 0 Å². The number of rotatable bonds is 11. The minimum Gasteiger partial charge on any atom is -0.330 e. The van der Waals surface area contributed by atoms with Crippen LogP contribution in [-0.4, -0.2) is 53.7 Å². The van der Waals surface area contributed by atoms with E-state index in [0.717, 1.165) is 50.3 Å². The maximum absolute atomic E-state index is 13.7. The highest BCUT2D eigenvalue weighted by molar-refractivity contribution is 7.91. The summed E-state index contributed by atoms with van der Waals surface area (Å²) in [7, 11) is -3.34. The molecule has 0 spiro atoms. The number of nitrogens with zero attached hydrogens (tertiary/aromatic N) is 4. The zero-order valence-electron chi connectivity index (χ0n) is 22.9.